The standard InChI is InChI=1S/C15H23NO2/c1-5-13-6-8-14(9-7-13)18-10-15(17)16-12(4)11(2)3/h6-9,11-12H,5,10H2,1-4H3,(H,16,17). The summed E-state index contributed by atoms with van der Waals surface area (Å²) in [5.74, 6) is 1.09. The SMILES string of the molecule is CCc1ccc(OCC(=O)NC(C)C(C)C)cc1. The second-order valence-corrected chi connectivity index (χ2v) is 4.89. The van der Waals surface area contributed by atoms with Crippen LogP contribution in [0.5, 0.6) is 5.75 Å². The number of rotatable bonds is 6. The Hall–Kier alpha value is -1.51. The number of nitrogens with one attached hydrogen (secondary N) is 1. The molecule has 1 unspecified atom stereocenters. The zero-order chi connectivity index (χ0) is 13.5. The molecular weight excluding hydrogens is 226 g/mol. The van der Waals surface area contributed by atoms with Gasteiger partial charge in [-0.25, -0.2) is 0 Å². The molecule has 3 heteroatoms. The monoisotopic (exact) mass is 249 g/mol. The zero-order valence-corrected chi connectivity index (χ0v) is 11.7. The number of carbonyl (C=O) groups excluding carboxylic acids is 1. The van der Waals surface area contributed by atoms with Crippen LogP contribution in [0.1, 0.15) is 33.3 Å². The molecule has 0 fully saturated rings. The molecule has 1 amide bonds. The van der Waals surface area contributed by atoms with Crippen molar-refractivity contribution in [3.05, 3.63) is 29.8 Å². The number of hydrogen-bond donors (Lipinski definition) is 1. The van der Waals surface area contributed by atoms with Crippen LogP contribution in [0.2, 0.25) is 0 Å². The number of aryl methyl sites for hydroxylation is 1. The second-order valence-electron chi connectivity index (χ2n) is 4.89. The van der Waals surface area contributed by atoms with Crippen molar-refractivity contribution in [2.75, 3.05) is 6.61 Å². The zero-order valence-electron chi connectivity index (χ0n) is 11.7. The van der Waals surface area contributed by atoms with Gasteiger partial charge < -0.3 is 10.1 Å². The van der Waals surface area contributed by atoms with E-state index < -0.39 is 0 Å². The molecule has 1 N–H and O–H groups in total. The van der Waals surface area contributed by atoms with Gasteiger partial charge in [-0.15, -0.1) is 0 Å². The van der Waals surface area contributed by atoms with Crippen LogP contribution < -0.4 is 10.1 Å². The molecule has 0 aliphatic carbocycles. The molecule has 0 aliphatic heterocycles. The highest BCUT2D eigenvalue weighted by molar-refractivity contribution is 5.77. The third-order valence-electron chi connectivity index (χ3n) is 3.09. The van der Waals surface area contributed by atoms with Crippen molar-refractivity contribution >= 4 is 5.91 Å². The van der Waals surface area contributed by atoms with Gasteiger partial charge in [0.2, 0.25) is 0 Å². The van der Waals surface area contributed by atoms with E-state index in [9.17, 15) is 4.79 Å². The molecule has 0 saturated carbocycles. The third-order valence-corrected chi connectivity index (χ3v) is 3.09. The fourth-order valence-electron chi connectivity index (χ4n) is 1.43. The van der Waals surface area contributed by atoms with E-state index in [1.165, 1.54) is 5.56 Å². The minimum Gasteiger partial charge on any atom is -0.484 e. The van der Waals surface area contributed by atoms with Crippen LogP contribution in [0.3, 0.4) is 0 Å². The van der Waals surface area contributed by atoms with Crippen LogP contribution >= 0.6 is 0 Å². The quantitative estimate of drug-likeness (QED) is 0.842. The molecule has 1 aromatic carbocycles. The fraction of sp³-hybridized carbons (Fsp3) is 0.533. The lowest BCUT2D eigenvalue weighted by Crippen LogP contribution is -2.38. The van der Waals surface area contributed by atoms with Crippen LogP contribution in [-0.4, -0.2) is 18.6 Å². The van der Waals surface area contributed by atoms with E-state index in [1.54, 1.807) is 0 Å². The first-order valence-electron chi connectivity index (χ1n) is 6.54. The second kappa shape index (κ2) is 7.04. The van der Waals surface area contributed by atoms with Gasteiger partial charge in [0, 0.05) is 6.04 Å². The summed E-state index contributed by atoms with van der Waals surface area (Å²) in [6.07, 6.45) is 1.01. The normalized spacial score (nSPS) is 12.3. The van der Waals surface area contributed by atoms with E-state index in [4.69, 9.17) is 4.74 Å². The van der Waals surface area contributed by atoms with Gasteiger partial charge >= 0.3 is 0 Å². The van der Waals surface area contributed by atoms with Crippen molar-refractivity contribution < 1.29 is 9.53 Å². The van der Waals surface area contributed by atoms with E-state index >= 15 is 0 Å². The Morgan fingerprint density at radius 3 is 2.33 bits per heavy atom. The van der Waals surface area contributed by atoms with Gasteiger partial charge in [-0.1, -0.05) is 32.9 Å². The van der Waals surface area contributed by atoms with Gasteiger partial charge in [-0.05, 0) is 37.0 Å². The predicted octanol–water partition coefficient (Wildman–Crippen LogP) is 2.79. The van der Waals surface area contributed by atoms with Crippen molar-refractivity contribution in [2.24, 2.45) is 5.92 Å². The Kier molecular flexibility index (Phi) is 5.69. The number of amides is 1. The fourth-order valence-corrected chi connectivity index (χ4v) is 1.43. The van der Waals surface area contributed by atoms with Crippen LogP contribution in [-0.2, 0) is 11.2 Å². The molecule has 0 radical (unpaired) electrons. The summed E-state index contributed by atoms with van der Waals surface area (Å²) >= 11 is 0. The van der Waals surface area contributed by atoms with Gasteiger partial charge in [0.05, 0.1) is 0 Å². The topological polar surface area (TPSA) is 38.3 Å². The summed E-state index contributed by atoms with van der Waals surface area (Å²) in [6.45, 7) is 8.34. The van der Waals surface area contributed by atoms with Crippen molar-refractivity contribution in [3.63, 3.8) is 0 Å². The highest BCUT2D eigenvalue weighted by Crippen LogP contribution is 2.12. The molecule has 3 nitrogen and oxygen atoms in total. The van der Waals surface area contributed by atoms with Gasteiger partial charge in [-0.3, -0.25) is 4.79 Å². The molecule has 0 spiro atoms. The maximum absolute atomic E-state index is 11.6. The Labute approximate surface area is 110 Å². The van der Waals surface area contributed by atoms with Crippen molar-refractivity contribution in [2.45, 2.75) is 40.2 Å². The van der Waals surface area contributed by atoms with E-state index in [0.29, 0.717) is 5.92 Å². The maximum Gasteiger partial charge on any atom is 0.258 e. The van der Waals surface area contributed by atoms with Crippen molar-refractivity contribution in [3.8, 4) is 5.75 Å². The van der Waals surface area contributed by atoms with E-state index in [1.807, 2.05) is 31.2 Å². The van der Waals surface area contributed by atoms with Crippen LogP contribution in [0, 0.1) is 5.92 Å². The van der Waals surface area contributed by atoms with Crippen molar-refractivity contribution in [1.82, 2.24) is 5.32 Å². The summed E-state index contributed by atoms with van der Waals surface area (Å²) in [6, 6.07) is 8.01. The molecule has 0 heterocycles. The average molecular weight is 249 g/mol. The van der Waals surface area contributed by atoms with Crippen LogP contribution in [0.4, 0.5) is 0 Å². The Bertz CT molecular complexity index is 371. The lowest BCUT2D eigenvalue weighted by atomic mass is 10.1. The molecule has 1 atom stereocenters. The number of benzene rings is 1. The third kappa shape index (κ3) is 4.78. The molecule has 1 rings (SSSR count). The van der Waals surface area contributed by atoms with Gasteiger partial charge in [0.1, 0.15) is 5.75 Å². The first-order chi connectivity index (χ1) is 8.52. The molecule has 0 bridgehead atoms. The molecular formula is C15H23NO2. The highest BCUT2D eigenvalue weighted by Gasteiger charge is 2.10. The molecule has 100 valence electrons. The molecule has 1 aromatic rings. The minimum absolute atomic E-state index is 0.0720. The van der Waals surface area contributed by atoms with Crippen LogP contribution in [0.15, 0.2) is 24.3 Å². The Morgan fingerprint density at radius 1 is 1.22 bits per heavy atom. The van der Waals surface area contributed by atoms with E-state index in [-0.39, 0.29) is 18.6 Å². The predicted molar refractivity (Wildman–Crippen MR) is 73.8 cm³/mol. The summed E-state index contributed by atoms with van der Waals surface area (Å²) < 4.78 is 5.44. The van der Waals surface area contributed by atoms with E-state index in [2.05, 4.69) is 26.1 Å². The molecule has 18 heavy (non-hydrogen) atoms. The summed E-state index contributed by atoms with van der Waals surface area (Å²) in [7, 11) is 0. The van der Waals surface area contributed by atoms with E-state index in [0.717, 1.165) is 12.2 Å². The number of hydrogen-bond acceptors (Lipinski definition) is 2. The highest BCUT2D eigenvalue weighted by atomic mass is 16.5. The molecule has 0 saturated heterocycles. The summed E-state index contributed by atoms with van der Waals surface area (Å²) in [5, 5.41) is 2.91. The average Bonchev–Trinajstić information content (AvgIpc) is 2.36. The molecule has 0 aliphatic rings. The van der Waals surface area contributed by atoms with Gasteiger partial charge in [0.15, 0.2) is 6.61 Å². The minimum atomic E-state index is -0.0734. The van der Waals surface area contributed by atoms with Crippen LogP contribution in [0.25, 0.3) is 0 Å². The number of carbonyl (C=O) groups is 1. The Morgan fingerprint density at radius 2 is 1.83 bits per heavy atom. The first kappa shape index (κ1) is 14.6. The Balaban J connectivity index is 2.37. The summed E-state index contributed by atoms with van der Waals surface area (Å²) in [5.41, 5.74) is 1.26. The number of ether oxygens (including phenoxy) is 1. The maximum atomic E-state index is 11.6. The first-order valence-corrected chi connectivity index (χ1v) is 6.54. The smallest absolute Gasteiger partial charge is 0.258 e. The van der Waals surface area contributed by atoms with Gasteiger partial charge in [0.25, 0.3) is 5.91 Å². The lowest BCUT2D eigenvalue weighted by Gasteiger charge is -2.17. The lowest BCUT2D eigenvalue weighted by molar-refractivity contribution is -0.124. The summed E-state index contributed by atoms with van der Waals surface area (Å²) in [4.78, 5) is 11.6. The largest absolute Gasteiger partial charge is 0.484 e. The molecule has 0 aromatic heterocycles. The van der Waals surface area contributed by atoms with Gasteiger partial charge in [-0.2, -0.15) is 0 Å². The van der Waals surface area contributed by atoms with Crippen molar-refractivity contribution in [1.29, 1.82) is 0 Å².